The summed E-state index contributed by atoms with van der Waals surface area (Å²) in [6, 6.07) is 0. The number of aliphatic hydroxyl groups excluding tert-OH is 4. The molecule has 72 valence electrons. The molecule has 0 aromatic heterocycles. The van der Waals surface area contributed by atoms with Crippen LogP contribution in [0.2, 0.25) is 0 Å². The van der Waals surface area contributed by atoms with Crippen molar-refractivity contribution in [3.05, 3.63) is 0 Å². The minimum absolute atomic E-state index is 0. The second kappa shape index (κ2) is 5.89. The maximum atomic E-state index is 9.18. The SMILES string of the molecule is OC[C@H]1OC([S-])[C@H](O)[C@@H](O)[C@@H]1O.[Na+]. The van der Waals surface area contributed by atoms with Crippen molar-refractivity contribution >= 4 is 12.6 Å². The summed E-state index contributed by atoms with van der Waals surface area (Å²) in [6.07, 6.45) is -4.83. The van der Waals surface area contributed by atoms with Gasteiger partial charge in [0.15, 0.2) is 0 Å². The largest absolute Gasteiger partial charge is 1.00 e. The van der Waals surface area contributed by atoms with Gasteiger partial charge in [0.25, 0.3) is 0 Å². The quantitative estimate of drug-likeness (QED) is 0.259. The van der Waals surface area contributed by atoms with Gasteiger partial charge in [0, 0.05) is 0 Å². The van der Waals surface area contributed by atoms with Crippen molar-refractivity contribution in [1.82, 2.24) is 0 Å². The molecule has 0 aromatic carbocycles. The molecule has 1 unspecified atom stereocenters. The van der Waals surface area contributed by atoms with E-state index in [4.69, 9.17) is 20.1 Å². The summed E-state index contributed by atoms with van der Waals surface area (Å²) >= 11 is 4.63. The van der Waals surface area contributed by atoms with E-state index in [2.05, 4.69) is 12.6 Å². The fourth-order valence-electron chi connectivity index (χ4n) is 1.07. The van der Waals surface area contributed by atoms with Crippen LogP contribution in [0.5, 0.6) is 0 Å². The Morgan fingerprint density at radius 2 is 1.62 bits per heavy atom. The van der Waals surface area contributed by atoms with Gasteiger partial charge in [-0.05, 0) is 5.44 Å². The summed E-state index contributed by atoms with van der Waals surface area (Å²) in [5.41, 5.74) is -0.986. The minimum Gasteiger partial charge on any atom is -0.759 e. The topological polar surface area (TPSA) is 90.2 Å². The Morgan fingerprint density at radius 3 is 2.08 bits per heavy atom. The van der Waals surface area contributed by atoms with Gasteiger partial charge in [-0.15, -0.1) is 0 Å². The number of aliphatic hydroxyl groups is 4. The predicted octanol–water partition coefficient (Wildman–Crippen LogP) is -5.66. The van der Waals surface area contributed by atoms with Gasteiger partial charge in [0.1, 0.15) is 18.3 Å². The van der Waals surface area contributed by atoms with Crippen LogP contribution in [0.3, 0.4) is 0 Å². The molecule has 0 radical (unpaired) electrons. The van der Waals surface area contributed by atoms with Gasteiger partial charge in [0.2, 0.25) is 0 Å². The molecule has 13 heavy (non-hydrogen) atoms. The van der Waals surface area contributed by atoms with Gasteiger partial charge in [0.05, 0.1) is 12.7 Å². The zero-order valence-corrected chi connectivity index (χ0v) is 10.0. The summed E-state index contributed by atoms with van der Waals surface area (Å²) < 4.78 is 4.84. The van der Waals surface area contributed by atoms with Crippen LogP contribution in [0.1, 0.15) is 0 Å². The molecule has 1 aliphatic heterocycles. The zero-order valence-electron chi connectivity index (χ0n) is 7.20. The third kappa shape index (κ3) is 3.05. The van der Waals surface area contributed by atoms with Crippen molar-refractivity contribution in [1.29, 1.82) is 0 Å². The zero-order chi connectivity index (χ0) is 9.30. The van der Waals surface area contributed by atoms with Gasteiger partial charge in [-0.2, -0.15) is 0 Å². The molecule has 7 heteroatoms. The Bertz CT molecular complexity index is 155. The summed E-state index contributed by atoms with van der Waals surface area (Å²) in [6.45, 7) is -0.432. The van der Waals surface area contributed by atoms with E-state index in [-0.39, 0.29) is 29.6 Å². The van der Waals surface area contributed by atoms with Gasteiger partial charge in [-0.3, -0.25) is 0 Å². The van der Waals surface area contributed by atoms with Crippen LogP contribution in [0.15, 0.2) is 0 Å². The van der Waals surface area contributed by atoms with Crippen LogP contribution >= 0.6 is 0 Å². The first-order valence-corrected chi connectivity index (χ1v) is 4.01. The first-order chi connectivity index (χ1) is 5.57. The monoisotopic (exact) mass is 218 g/mol. The third-order valence-corrected chi connectivity index (χ3v) is 2.24. The van der Waals surface area contributed by atoms with Crippen molar-refractivity contribution in [2.24, 2.45) is 0 Å². The normalized spacial score (nSPS) is 45.5. The van der Waals surface area contributed by atoms with Crippen LogP contribution in [-0.2, 0) is 17.4 Å². The number of hydrogen-bond acceptors (Lipinski definition) is 6. The van der Waals surface area contributed by atoms with E-state index in [1.807, 2.05) is 0 Å². The molecule has 5 atom stereocenters. The van der Waals surface area contributed by atoms with Gasteiger partial charge < -0.3 is 37.8 Å². The Balaban J connectivity index is 0.00000144. The molecule has 1 rings (SSSR count). The molecule has 1 aliphatic rings. The first kappa shape index (κ1) is 14.2. The third-order valence-electron chi connectivity index (χ3n) is 1.85. The number of ether oxygens (including phenoxy) is 1. The molecule has 1 fully saturated rings. The van der Waals surface area contributed by atoms with E-state index >= 15 is 0 Å². The van der Waals surface area contributed by atoms with Crippen molar-refractivity contribution in [2.75, 3.05) is 6.61 Å². The molecule has 0 spiro atoms. The van der Waals surface area contributed by atoms with E-state index in [1.165, 1.54) is 0 Å². The van der Waals surface area contributed by atoms with Crippen LogP contribution in [-0.4, -0.2) is 56.9 Å². The van der Waals surface area contributed by atoms with E-state index in [1.54, 1.807) is 0 Å². The fourth-order valence-corrected chi connectivity index (χ4v) is 1.37. The summed E-state index contributed by atoms with van der Waals surface area (Å²) in [5.74, 6) is 0. The number of rotatable bonds is 1. The second-order valence-electron chi connectivity index (χ2n) is 2.70. The average Bonchev–Trinajstić information content (AvgIpc) is 2.08. The van der Waals surface area contributed by atoms with Crippen molar-refractivity contribution in [2.45, 2.75) is 29.9 Å². The standard InChI is InChI=1S/C6H12O5S.Na/c7-1-2-3(8)4(9)5(10)6(12)11-2;/h2-10,12H,1H2;/q;+1/p-1/t2-,3-,4+,5-,6?;/m1./s1. The van der Waals surface area contributed by atoms with E-state index < -0.39 is 36.5 Å². The van der Waals surface area contributed by atoms with Crippen LogP contribution in [0.4, 0.5) is 0 Å². The van der Waals surface area contributed by atoms with Crippen molar-refractivity contribution in [3.8, 4) is 0 Å². The number of hydrogen-bond donors (Lipinski definition) is 4. The van der Waals surface area contributed by atoms with E-state index in [9.17, 15) is 5.11 Å². The molecule has 0 saturated carbocycles. The molecule has 0 aliphatic carbocycles. The molecule has 0 amide bonds. The Morgan fingerprint density at radius 1 is 1.08 bits per heavy atom. The van der Waals surface area contributed by atoms with Gasteiger partial charge >= 0.3 is 29.6 Å². The maximum Gasteiger partial charge on any atom is 1.00 e. The predicted molar refractivity (Wildman–Crippen MR) is 41.1 cm³/mol. The fraction of sp³-hybridized carbons (Fsp3) is 1.00. The second-order valence-corrected chi connectivity index (χ2v) is 3.16. The molecule has 4 N–H and O–H groups in total. The van der Waals surface area contributed by atoms with Crippen molar-refractivity contribution < 1.29 is 54.7 Å². The summed E-state index contributed by atoms with van der Waals surface area (Å²) in [5, 5.41) is 36.1. The molecule has 1 saturated heterocycles. The van der Waals surface area contributed by atoms with Crippen LogP contribution < -0.4 is 29.6 Å². The molecular weight excluding hydrogens is 207 g/mol. The first-order valence-electron chi connectivity index (χ1n) is 3.54. The van der Waals surface area contributed by atoms with E-state index in [0.29, 0.717) is 0 Å². The Kier molecular flexibility index (Phi) is 6.41. The molecule has 5 nitrogen and oxygen atoms in total. The molecule has 1 heterocycles. The smallest absolute Gasteiger partial charge is 0.759 e. The van der Waals surface area contributed by atoms with Crippen molar-refractivity contribution in [3.63, 3.8) is 0 Å². The summed E-state index contributed by atoms with van der Waals surface area (Å²) in [4.78, 5) is 0. The Labute approximate surface area is 103 Å². The van der Waals surface area contributed by atoms with Gasteiger partial charge in [-0.1, -0.05) is 0 Å². The maximum absolute atomic E-state index is 9.18. The Hall–Kier alpha value is 1.15. The summed E-state index contributed by atoms with van der Waals surface area (Å²) in [7, 11) is 0. The average molecular weight is 218 g/mol. The van der Waals surface area contributed by atoms with Crippen LogP contribution in [0.25, 0.3) is 0 Å². The minimum atomic E-state index is -1.35. The van der Waals surface area contributed by atoms with Crippen LogP contribution in [0, 0.1) is 0 Å². The van der Waals surface area contributed by atoms with Gasteiger partial charge in [-0.25, -0.2) is 0 Å². The molecular formula is C6H11NaO5S. The molecule has 0 bridgehead atoms. The molecule has 0 aromatic rings. The van der Waals surface area contributed by atoms with E-state index in [0.717, 1.165) is 0 Å².